The minimum Gasteiger partial charge on any atom is -0.489 e. The molecule has 1 unspecified atom stereocenters. The summed E-state index contributed by atoms with van der Waals surface area (Å²) >= 11 is 6.16. The van der Waals surface area contributed by atoms with Gasteiger partial charge in [0.05, 0.1) is 11.6 Å². The van der Waals surface area contributed by atoms with Crippen molar-refractivity contribution in [2.75, 3.05) is 0 Å². The zero-order chi connectivity index (χ0) is 14.8. The molecule has 1 atom stereocenters. The Balaban J connectivity index is 1.79. The van der Waals surface area contributed by atoms with Gasteiger partial charge in [-0.2, -0.15) is 5.26 Å². The maximum absolute atomic E-state index is 8.84. The number of ether oxygens (including phenoxy) is 1. The molecule has 0 amide bonds. The van der Waals surface area contributed by atoms with E-state index < -0.39 is 0 Å². The first-order chi connectivity index (χ1) is 10.2. The van der Waals surface area contributed by atoms with Gasteiger partial charge in [0.25, 0.3) is 0 Å². The van der Waals surface area contributed by atoms with Crippen LogP contribution in [0.2, 0.25) is 5.02 Å². The zero-order valence-corrected chi connectivity index (χ0v) is 12.2. The van der Waals surface area contributed by atoms with Crippen molar-refractivity contribution in [3.05, 3.63) is 63.7 Å². The molecule has 0 saturated heterocycles. The topological polar surface area (TPSA) is 59.0 Å². The first kappa shape index (κ1) is 13.9. The van der Waals surface area contributed by atoms with Gasteiger partial charge in [-0.15, -0.1) is 0 Å². The molecule has 0 spiro atoms. The second-order valence-corrected chi connectivity index (χ2v) is 5.58. The molecule has 0 bridgehead atoms. The summed E-state index contributed by atoms with van der Waals surface area (Å²) in [5.41, 5.74) is 9.88. The van der Waals surface area contributed by atoms with Crippen LogP contribution in [-0.2, 0) is 13.0 Å². The first-order valence-corrected chi connectivity index (χ1v) is 7.25. The van der Waals surface area contributed by atoms with Crippen molar-refractivity contribution >= 4 is 11.6 Å². The molecule has 0 aliphatic heterocycles. The Morgan fingerprint density at radius 1 is 1.33 bits per heavy atom. The van der Waals surface area contributed by atoms with Crippen LogP contribution in [0.25, 0.3) is 0 Å². The largest absolute Gasteiger partial charge is 0.489 e. The van der Waals surface area contributed by atoms with Crippen molar-refractivity contribution in [1.82, 2.24) is 0 Å². The number of rotatable bonds is 3. The molecule has 0 aromatic heterocycles. The lowest BCUT2D eigenvalue weighted by Gasteiger charge is -2.12. The zero-order valence-electron chi connectivity index (χ0n) is 11.5. The number of halogens is 1. The monoisotopic (exact) mass is 298 g/mol. The van der Waals surface area contributed by atoms with Crippen LogP contribution in [0.4, 0.5) is 0 Å². The number of nitriles is 1. The summed E-state index contributed by atoms with van der Waals surface area (Å²) in [6, 6.07) is 13.4. The Bertz CT molecular complexity index is 721. The molecule has 1 aliphatic rings. The average Bonchev–Trinajstić information content (AvgIpc) is 2.88. The van der Waals surface area contributed by atoms with E-state index in [1.807, 2.05) is 18.2 Å². The van der Waals surface area contributed by atoms with E-state index >= 15 is 0 Å². The number of hydrogen-bond acceptors (Lipinski definition) is 3. The lowest BCUT2D eigenvalue weighted by atomic mass is 10.1. The van der Waals surface area contributed by atoms with Gasteiger partial charge in [0, 0.05) is 16.6 Å². The standard InChI is InChI=1S/C17H15ClN2O/c18-15-8-11(9-19)4-5-12(15)10-21-17-3-1-2-13-14(17)6-7-16(13)20/h1-5,8,16H,6-7,10,20H2. The highest BCUT2D eigenvalue weighted by Gasteiger charge is 2.22. The van der Waals surface area contributed by atoms with Crippen molar-refractivity contribution in [2.45, 2.75) is 25.5 Å². The number of benzene rings is 2. The van der Waals surface area contributed by atoms with Crippen LogP contribution in [-0.4, -0.2) is 0 Å². The van der Waals surface area contributed by atoms with Gasteiger partial charge in [-0.25, -0.2) is 0 Å². The number of hydrogen-bond donors (Lipinski definition) is 1. The predicted molar refractivity (Wildman–Crippen MR) is 82.2 cm³/mol. The lowest BCUT2D eigenvalue weighted by Crippen LogP contribution is -2.05. The summed E-state index contributed by atoms with van der Waals surface area (Å²) in [5.74, 6) is 0.876. The Labute approximate surface area is 128 Å². The van der Waals surface area contributed by atoms with Gasteiger partial charge < -0.3 is 10.5 Å². The van der Waals surface area contributed by atoms with E-state index in [9.17, 15) is 0 Å². The number of fused-ring (bicyclic) bond motifs is 1. The summed E-state index contributed by atoms with van der Waals surface area (Å²) in [6.07, 6.45) is 1.92. The van der Waals surface area contributed by atoms with Gasteiger partial charge in [-0.05, 0) is 42.2 Å². The van der Waals surface area contributed by atoms with Gasteiger partial charge in [0.1, 0.15) is 12.4 Å². The van der Waals surface area contributed by atoms with Gasteiger partial charge in [-0.1, -0.05) is 29.8 Å². The third kappa shape index (κ3) is 2.73. The Morgan fingerprint density at radius 2 is 2.19 bits per heavy atom. The fourth-order valence-corrected chi connectivity index (χ4v) is 2.91. The van der Waals surface area contributed by atoms with Crippen LogP contribution in [0.15, 0.2) is 36.4 Å². The van der Waals surface area contributed by atoms with Crippen molar-refractivity contribution in [3.63, 3.8) is 0 Å². The Hall–Kier alpha value is -2.02. The molecule has 0 saturated carbocycles. The summed E-state index contributed by atoms with van der Waals surface area (Å²) in [5, 5.41) is 9.39. The van der Waals surface area contributed by atoms with Crippen molar-refractivity contribution in [1.29, 1.82) is 5.26 Å². The van der Waals surface area contributed by atoms with E-state index in [0.29, 0.717) is 17.2 Å². The van der Waals surface area contributed by atoms with Gasteiger partial charge in [-0.3, -0.25) is 0 Å². The van der Waals surface area contributed by atoms with Gasteiger partial charge in [0.15, 0.2) is 0 Å². The third-order valence-electron chi connectivity index (χ3n) is 3.84. The molecular weight excluding hydrogens is 284 g/mol. The summed E-state index contributed by atoms with van der Waals surface area (Å²) in [4.78, 5) is 0. The molecule has 2 N–H and O–H groups in total. The molecule has 0 fully saturated rings. The molecule has 21 heavy (non-hydrogen) atoms. The molecule has 2 aromatic carbocycles. The maximum Gasteiger partial charge on any atom is 0.123 e. The fraction of sp³-hybridized carbons (Fsp3) is 0.235. The van der Waals surface area contributed by atoms with Crippen molar-refractivity contribution in [2.24, 2.45) is 5.73 Å². The highest BCUT2D eigenvalue weighted by Crippen LogP contribution is 2.36. The molecule has 4 heteroatoms. The van der Waals surface area contributed by atoms with Crippen LogP contribution in [0, 0.1) is 11.3 Å². The van der Waals surface area contributed by atoms with E-state index in [0.717, 1.165) is 24.2 Å². The van der Waals surface area contributed by atoms with Crippen LogP contribution in [0.1, 0.15) is 34.7 Å². The second-order valence-electron chi connectivity index (χ2n) is 5.18. The minimum atomic E-state index is 0.113. The first-order valence-electron chi connectivity index (χ1n) is 6.87. The maximum atomic E-state index is 8.84. The lowest BCUT2D eigenvalue weighted by molar-refractivity contribution is 0.303. The average molecular weight is 299 g/mol. The van der Waals surface area contributed by atoms with E-state index in [1.54, 1.807) is 12.1 Å². The normalized spacial score (nSPS) is 16.3. The van der Waals surface area contributed by atoms with Crippen molar-refractivity contribution in [3.8, 4) is 11.8 Å². The molecule has 3 rings (SSSR count). The summed E-state index contributed by atoms with van der Waals surface area (Å²) in [7, 11) is 0. The highest BCUT2D eigenvalue weighted by atomic mass is 35.5. The van der Waals surface area contributed by atoms with E-state index in [2.05, 4.69) is 12.1 Å². The minimum absolute atomic E-state index is 0.113. The fourth-order valence-electron chi connectivity index (χ4n) is 2.68. The Kier molecular flexibility index (Phi) is 3.83. The van der Waals surface area contributed by atoms with Crippen LogP contribution < -0.4 is 10.5 Å². The van der Waals surface area contributed by atoms with Crippen LogP contribution in [0.3, 0.4) is 0 Å². The third-order valence-corrected chi connectivity index (χ3v) is 4.19. The van der Waals surface area contributed by atoms with Gasteiger partial charge in [0.2, 0.25) is 0 Å². The molecular formula is C17H15ClN2O. The number of nitrogens with zero attached hydrogens (tertiary/aromatic N) is 1. The van der Waals surface area contributed by atoms with E-state index in [1.165, 1.54) is 11.1 Å². The molecule has 2 aromatic rings. The summed E-state index contributed by atoms with van der Waals surface area (Å²) < 4.78 is 5.91. The van der Waals surface area contributed by atoms with E-state index in [-0.39, 0.29) is 6.04 Å². The number of nitrogens with two attached hydrogens (primary N) is 1. The molecule has 0 radical (unpaired) electrons. The van der Waals surface area contributed by atoms with Gasteiger partial charge >= 0.3 is 0 Å². The second kappa shape index (κ2) is 5.77. The van der Waals surface area contributed by atoms with Crippen molar-refractivity contribution < 1.29 is 4.74 Å². The SMILES string of the molecule is N#Cc1ccc(COc2cccc3c2CCC3N)c(Cl)c1. The van der Waals surface area contributed by atoms with Crippen LogP contribution >= 0.6 is 11.6 Å². The predicted octanol–water partition coefficient (Wildman–Crippen LogP) is 3.74. The molecule has 1 aliphatic carbocycles. The molecule has 106 valence electrons. The van der Waals surface area contributed by atoms with Crippen LogP contribution in [0.5, 0.6) is 5.75 Å². The summed E-state index contributed by atoms with van der Waals surface area (Å²) in [6.45, 7) is 0.385. The highest BCUT2D eigenvalue weighted by molar-refractivity contribution is 6.31. The molecule has 3 nitrogen and oxygen atoms in total. The Morgan fingerprint density at radius 3 is 2.95 bits per heavy atom. The van der Waals surface area contributed by atoms with E-state index in [4.69, 9.17) is 27.3 Å². The quantitative estimate of drug-likeness (QED) is 0.939. The molecule has 0 heterocycles. The smallest absolute Gasteiger partial charge is 0.123 e.